The van der Waals surface area contributed by atoms with Crippen molar-refractivity contribution in [3.63, 3.8) is 0 Å². The number of fused-ring (bicyclic) bond motifs is 5. The molecule has 176 valence electrons. The van der Waals surface area contributed by atoms with Gasteiger partial charge in [0, 0.05) is 0 Å². The van der Waals surface area contributed by atoms with Crippen molar-refractivity contribution < 1.29 is 23.5 Å². The van der Waals surface area contributed by atoms with Gasteiger partial charge in [0.2, 0.25) is 0 Å². The van der Waals surface area contributed by atoms with Crippen LogP contribution in [0.4, 0.5) is 4.39 Å². The molecule has 0 fully saturated rings. The van der Waals surface area contributed by atoms with E-state index in [1.54, 1.807) is 6.92 Å². The number of rotatable bonds is 4. The summed E-state index contributed by atoms with van der Waals surface area (Å²) in [5.74, 6) is -1.41. The number of aromatic nitrogens is 1. The number of benzene rings is 1. The van der Waals surface area contributed by atoms with Gasteiger partial charge in [-0.1, -0.05) is 0 Å². The second kappa shape index (κ2) is 8.69. The van der Waals surface area contributed by atoms with Gasteiger partial charge in [-0.25, -0.2) is 0 Å². The zero-order valence-corrected chi connectivity index (χ0v) is 21.9. The molecule has 6 nitrogen and oxygen atoms in total. The molecule has 1 aromatic carbocycles. The zero-order chi connectivity index (χ0) is 24.3. The van der Waals surface area contributed by atoms with E-state index in [0.29, 0.717) is 23.2 Å². The van der Waals surface area contributed by atoms with E-state index in [1.165, 1.54) is 13.0 Å². The Morgan fingerprint density at radius 3 is 2.82 bits per heavy atom. The van der Waals surface area contributed by atoms with E-state index >= 15 is 0 Å². The first-order valence-electron chi connectivity index (χ1n) is 11.1. The molecule has 0 spiro atoms. The molecule has 2 aliphatic heterocycles. The number of cyclic esters (lactones) is 1. The third-order valence-corrected chi connectivity index (χ3v) is 10.5. The summed E-state index contributed by atoms with van der Waals surface area (Å²) in [6.07, 6.45) is -0.295. The Bertz CT molecular complexity index is 1450. The average molecular weight is 545 g/mol. The zero-order valence-electron chi connectivity index (χ0n) is 19.3. The van der Waals surface area contributed by atoms with Crippen LogP contribution in [0.1, 0.15) is 54.7 Å². The van der Waals surface area contributed by atoms with Crippen molar-refractivity contribution in [2.24, 2.45) is 0 Å². The fraction of sp³-hybridized carbons (Fsp3) is 0.360. The predicted molar refractivity (Wildman–Crippen MR) is 129 cm³/mol. The van der Waals surface area contributed by atoms with Gasteiger partial charge >= 0.3 is 205 Å². The first-order chi connectivity index (χ1) is 16.2. The number of carbonyl (C=O) groups is 2. The summed E-state index contributed by atoms with van der Waals surface area (Å²) in [7, 11) is -0.777. The summed E-state index contributed by atoms with van der Waals surface area (Å²) < 4.78 is 26.2. The van der Waals surface area contributed by atoms with E-state index < -0.39 is 25.6 Å². The van der Waals surface area contributed by atoms with Crippen LogP contribution in [-0.2, 0) is 38.4 Å². The second-order valence-electron chi connectivity index (χ2n) is 9.02. The molecule has 2 aromatic heterocycles. The van der Waals surface area contributed by atoms with Gasteiger partial charge in [-0.3, -0.25) is 0 Å². The van der Waals surface area contributed by atoms with E-state index in [9.17, 15) is 14.0 Å². The molecule has 0 saturated heterocycles. The molecule has 1 N–H and O–H groups in total. The van der Waals surface area contributed by atoms with Gasteiger partial charge in [-0.15, -0.1) is 0 Å². The van der Waals surface area contributed by atoms with Gasteiger partial charge < -0.3 is 0 Å². The standard InChI is InChI=1S/C25H24FN2O4PSe/c1-11(2)27-8-16-14-5-12(3)19(26)7-20(14)28-22-18(16)10-33-21(22)6-15-17(25(33)34)9-31-24(30)23(15)32-13(4)29/h5-7,11,23,27H,8-10H2,1-4H3. The first-order valence-corrected chi connectivity index (χ1v) is 13.5. The molecule has 5 rings (SSSR count). The van der Waals surface area contributed by atoms with E-state index in [4.69, 9.17) is 14.5 Å². The predicted octanol–water partition coefficient (Wildman–Crippen LogP) is 4.56. The van der Waals surface area contributed by atoms with Crippen molar-refractivity contribution in [1.82, 2.24) is 10.3 Å². The summed E-state index contributed by atoms with van der Waals surface area (Å²) >= 11 is 3.21. The maximum absolute atomic E-state index is 14.5. The minimum absolute atomic E-state index is 0.148. The number of esters is 2. The molecule has 2 aliphatic rings. The summed E-state index contributed by atoms with van der Waals surface area (Å²) in [6.45, 7) is 8.03. The number of ether oxygens (including phenoxy) is 2. The number of carbonyl (C=O) groups excluding carboxylic acids is 2. The van der Waals surface area contributed by atoms with Crippen LogP contribution < -0.4 is 5.32 Å². The number of nitrogens with zero attached hydrogens (tertiary/aromatic N) is 1. The third kappa shape index (κ3) is 3.83. The van der Waals surface area contributed by atoms with Crippen molar-refractivity contribution in [3.8, 4) is 11.0 Å². The molecule has 0 aliphatic carbocycles. The fourth-order valence-corrected chi connectivity index (χ4v) is 8.45. The van der Waals surface area contributed by atoms with Crippen molar-refractivity contribution in [3.05, 3.63) is 55.6 Å². The molecule has 3 aromatic rings. The van der Waals surface area contributed by atoms with Crippen LogP contribution in [0, 0.1) is 16.5 Å². The molecule has 4 heterocycles. The van der Waals surface area contributed by atoms with Crippen molar-refractivity contribution in [2.75, 3.05) is 0 Å². The molecule has 0 radical (unpaired) electrons. The quantitative estimate of drug-likeness (QED) is 0.300. The molecular weight excluding hydrogens is 521 g/mol. The second-order valence-corrected chi connectivity index (χ2v) is 12.7. The Morgan fingerprint density at radius 2 is 2.12 bits per heavy atom. The Labute approximate surface area is 205 Å². The summed E-state index contributed by atoms with van der Waals surface area (Å²) in [5, 5.41) is 5.48. The van der Waals surface area contributed by atoms with E-state index in [-0.39, 0.29) is 18.5 Å². The maximum atomic E-state index is 14.5. The van der Waals surface area contributed by atoms with E-state index in [1.807, 2.05) is 12.1 Å². The molecular formula is C25H24FN2O4PSe. The number of pyridine rings is 1. The van der Waals surface area contributed by atoms with Crippen LogP contribution in [0.5, 0.6) is 0 Å². The topological polar surface area (TPSA) is 77.5 Å². The number of hydrogen-bond acceptors (Lipinski definition) is 6. The van der Waals surface area contributed by atoms with Crippen LogP contribution >= 0.6 is 7.53 Å². The Kier molecular flexibility index (Phi) is 5.97. The molecule has 0 saturated carbocycles. The summed E-state index contributed by atoms with van der Waals surface area (Å²) in [4.78, 5) is 29.0. The number of nitrogens with one attached hydrogen (secondary N) is 1. The van der Waals surface area contributed by atoms with Crippen LogP contribution in [0.2, 0.25) is 0 Å². The monoisotopic (exact) mass is 546 g/mol. The number of aryl methyl sites for hydroxylation is 1. The van der Waals surface area contributed by atoms with E-state index in [2.05, 4.69) is 34.7 Å². The molecule has 0 amide bonds. The van der Waals surface area contributed by atoms with Gasteiger partial charge in [0.05, 0.1) is 0 Å². The van der Waals surface area contributed by atoms with Gasteiger partial charge in [-0.2, -0.15) is 0 Å². The summed E-state index contributed by atoms with van der Waals surface area (Å²) in [6, 6.07) is 5.62. The first kappa shape index (κ1) is 23.4. The van der Waals surface area contributed by atoms with Crippen molar-refractivity contribution in [1.29, 1.82) is 0 Å². The van der Waals surface area contributed by atoms with Crippen molar-refractivity contribution in [2.45, 2.75) is 59.2 Å². The Morgan fingerprint density at radius 1 is 1.35 bits per heavy atom. The van der Waals surface area contributed by atoms with Gasteiger partial charge in [0.15, 0.2) is 0 Å². The SMILES string of the molecule is CC(=O)OC1C(=O)OCc2c1cc1p(c2=[Se])Cc2c-1nc1cc(F)c(C)cc1c2CNC(C)C. The fourth-order valence-electron chi connectivity index (χ4n) is 4.61. The van der Waals surface area contributed by atoms with E-state index in [0.717, 1.165) is 43.0 Å². The van der Waals surface area contributed by atoms with Crippen LogP contribution in [0.3, 0.4) is 0 Å². The van der Waals surface area contributed by atoms with Crippen molar-refractivity contribution >= 4 is 46.0 Å². The Balaban J connectivity index is 1.76. The summed E-state index contributed by atoms with van der Waals surface area (Å²) in [5.41, 5.74) is 5.83. The Hall–Kier alpha value is -2.37. The number of hydrogen-bond donors (Lipinski definition) is 1. The normalized spacial score (nSPS) is 16.8. The molecule has 34 heavy (non-hydrogen) atoms. The minimum atomic E-state index is -1.10. The molecule has 9 heteroatoms. The van der Waals surface area contributed by atoms with Gasteiger partial charge in [0.1, 0.15) is 0 Å². The van der Waals surface area contributed by atoms with Crippen LogP contribution in [0.25, 0.3) is 21.9 Å². The third-order valence-electron chi connectivity index (χ3n) is 6.30. The molecule has 0 bridgehead atoms. The number of halogens is 1. The van der Waals surface area contributed by atoms with Gasteiger partial charge in [-0.05, 0) is 0 Å². The molecule has 2 atom stereocenters. The van der Waals surface area contributed by atoms with Crippen LogP contribution in [0.15, 0.2) is 18.2 Å². The van der Waals surface area contributed by atoms with Gasteiger partial charge in [0.25, 0.3) is 0 Å². The average Bonchev–Trinajstić information content (AvgIpc) is 3.13. The van der Waals surface area contributed by atoms with Crippen LogP contribution in [-0.4, -0.2) is 38.5 Å². The molecule has 2 unspecified atom stereocenters.